The first-order valence-corrected chi connectivity index (χ1v) is 12.7. The molecule has 0 radical (unpaired) electrons. The van der Waals surface area contributed by atoms with Gasteiger partial charge in [-0.2, -0.15) is 0 Å². The van der Waals surface area contributed by atoms with Crippen LogP contribution in [0.2, 0.25) is 0 Å². The quantitative estimate of drug-likeness (QED) is 0.330. The molecule has 1 saturated carbocycles. The van der Waals surface area contributed by atoms with E-state index in [2.05, 4.69) is 0 Å². The van der Waals surface area contributed by atoms with Crippen LogP contribution in [0, 0.1) is 5.92 Å². The predicted molar refractivity (Wildman–Crippen MR) is 138 cm³/mol. The second-order valence-electron chi connectivity index (χ2n) is 9.82. The van der Waals surface area contributed by atoms with Gasteiger partial charge in [-0.3, -0.25) is 14.4 Å². The minimum atomic E-state index is -1.21. The van der Waals surface area contributed by atoms with Crippen LogP contribution in [0.1, 0.15) is 50.7 Å². The van der Waals surface area contributed by atoms with Crippen molar-refractivity contribution >= 4 is 29.3 Å². The third kappa shape index (κ3) is 5.82. The van der Waals surface area contributed by atoms with Crippen LogP contribution in [0.25, 0.3) is 0 Å². The van der Waals surface area contributed by atoms with Crippen LogP contribution in [-0.4, -0.2) is 42.6 Å². The third-order valence-electron chi connectivity index (χ3n) is 6.83. The molecular weight excluding hydrogens is 496 g/mol. The van der Waals surface area contributed by atoms with E-state index in [9.17, 15) is 14.4 Å². The summed E-state index contributed by atoms with van der Waals surface area (Å²) in [6, 6.07) is 14.9. The van der Waals surface area contributed by atoms with Gasteiger partial charge in [-0.1, -0.05) is 54.1 Å². The minimum Gasteiger partial charge on any atom is -0.489 e. The lowest BCUT2D eigenvalue weighted by Gasteiger charge is -2.26. The summed E-state index contributed by atoms with van der Waals surface area (Å²) in [4.78, 5) is 36.9. The number of aryl methyl sites for hydroxylation is 1. The molecule has 2 aliphatic rings. The second-order valence-corrected chi connectivity index (χ2v) is 10.2. The van der Waals surface area contributed by atoms with Crippen molar-refractivity contribution in [3.05, 3.63) is 70.8 Å². The number of carbonyl (C=O) groups is 3. The number of halogens is 1. The number of ether oxygens (including phenoxy) is 4. The Morgan fingerprint density at radius 3 is 2.51 bits per heavy atom. The van der Waals surface area contributed by atoms with Crippen LogP contribution < -0.4 is 9.47 Å². The molecule has 0 aromatic heterocycles. The van der Waals surface area contributed by atoms with E-state index >= 15 is 0 Å². The predicted octanol–water partition coefficient (Wildman–Crippen LogP) is 5.14. The van der Waals surface area contributed by atoms with Crippen molar-refractivity contribution in [2.45, 2.75) is 63.8 Å². The lowest BCUT2D eigenvalue weighted by Crippen LogP contribution is -2.38. The van der Waals surface area contributed by atoms with E-state index in [1.54, 1.807) is 32.1 Å². The molecule has 2 aromatic carbocycles. The SMILES string of the molecule is COC(=O)CCc1cccc2c1O[C@H]1C[C@@H](OC(C)=O)[C@H](/C=C(\Cl)C(=O)C(C)(C)Oc3ccccc3)[C@@H]21. The highest BCUT2D eigenvalue weighted by atomic mass is 35.5. The van der Waals surface area contributed by atoms with Crippen molar-refractivity contribution in [3.63, 3.8) is 0 Å². The average Bonchev–Trinajstić information content (AvgIpc) is 3.38. The summed E-state index contributed by atoms with van der Waals surface area (Å²) < 4.78 is 22.7. The van der Waals surface area contributed by atoms with Crippen molar-refractivity contribution in [2.75, 3.05) is 7.11 Å². The van der Waals surface area contributed by atoms with Crippen molar-refractivity contribution in [1.29, 1.82) is 0 Å². The van der Waals surface area contributed by atoms with Gasteiger partial charge in [-0.05, 0) is 38.0 Å². The average molecular weight is 527 g/mol. The zero-order valence-corrected chi connectivity index (χ0v) is 22.1. The number of esters is 2. The van der Waals surface area contributed by atoms with E-state index in [4.69, 9.17) is 30.5 Å². The molecule has 8 heteroatoms. The molecule has 0 unspecified atom stereocenters. The van der Waals surface area contributed by atoms with Crippen molar-refractivity contribution in [2.24, 2.45) is 5.92 Å². The van der Waals surface area contributed by atoms with Gasteiger partial charge in [-0.25, -0.2) is 0 Å². The van der Waals surface area contributed by atoms with Crippen molar-refractivity contribution < 1.29 is 33.3 Å². The summed E-state index contributed by atoms with van der Waals surface area (Å²) >= 11 is 6.61. The fourth-order valence-corrected chi connectivity index (χ4v) is 5.52. The van der Waals surface area contributed by atoms with E-state index in [0.717, 1.165) is 16.9 Å². The molecule has 0 amide bonds. The Balaban J connectivity index is 1.62. The standard InChI is InChI=1S/C29H31ClO7/c1-17(31)35-23-16-24-26(20-12-8-9-18(27(20)36-24)13-14-25(32)34-4)21(23)15-22(30)28(33)29(2,3)37-19-10-6-5-7-11-19/h5-12,15,21,23-24,26H,13-14,16H2,1-4H3/b22-15-/t21-,23+,24-,26+/m0/s1. The van der Waals surface area contributed by atoms with Crippen molar-refractivity contribution in [1.82, 2.24) is 0 Å². The van der Waals surface area contributed by atoms with Gasteiger partial charge in [0, 0.05) is 37.2 Å². The van der Waals surface area contributed by atoms with E-state index < -0.39 is 17.7 Å². The lowest BCUT2D eigenvalue weighted by atomic mass is 9.86. The van der Waals surface area contributed by atoms with E-state index in [1.165, 1.54) is 14.0 Å². The van der Waals surface area contributed by atoms with Crippen LogP contribution in [0.5, 0.6) is 11.5 Å². The number of ketones is 1. The Kier molecular flexibility index (Phi) is 7.93. The monoisotopic (exact) mass is 526 g/mol. The van der Waals surface area contributed by atoms with Gasteiger partial charge >= 0.3 is 11.9 Å². The zero-order valence-electron chi connectivity index (χ0n) is 21.4. The summed E-state index contributed by atoms with van der Waals surface area (Å²) in [7, 11) is 1.36. The zero-order chi connectivity index (χ0) is 26.7. The normalized spacial score (nSPS) is 22.5. The highest BCUT2D eigenvalue weighted by molar-refractivity contribution is 6.43. The Bertz CT molecular complexity index is 1200. The molecule has 1 heterocycles. The number of fused-ring (bicyclic) bond motifs is 3. The largest absolute Gasteiger partial charge is 0.489 e. The number of rotatable bonds is 9. The Morgan fingerprint density at radius 2 is 1.84 bits per heavy atom. The molecule has 7 nitrogen and oxygen atoms in total. The molecule has 4 rings (SSSR count). The maximum Gasteiger partial charge on any atom is 0.305 e. The number of hydrogen-bond acceptors (Lipinski definition) is 7. The number of Topliss-reactive ketones (excluding diaryl/α,β-unsaturated/α-hetero) is 1. The first-order valence-electron chi connectivity index (χ1n) is 12.3. The number of benzene rings is 2. The highest BCUT2D eigenvalue weighted by Crippen LogP contribution is 2.53. The van der Waals surface area contributed by atoms with Crippen LogP contribution in [0.3, 0.4) is 0 Å². The lowest BCUT2D eigenvalue weighted by molar-refractivity contribution is -0.147. The van der Waals surface area contributed by atoms with Crippen molar-refractivity contribution in [3.8, 4) is 11.5 Å². The summed E-state index contributed by atoms with van der Waals surface area (Å²) in [5.41, 5.74) is 0.637. The van der Waals surface area contributed by atoms with E-state index in [-0.39, 0.29) is 41.1 Å². The van der Waals surface area contributed by atoms with Gasteiger partial charge in [0.05, 0.1) is 12.1 Å². The summed E-state index contributed by atoms with van der Waals surface area (Å²) in [5, 5.41) is 0.0130. The molecule has 37 heavy (non-hydrogen) atoms. The van der Waals surface area contributed by atoms with Gasteiger partial charge in [0.15, 0.2) is 5.60 Å². The van der Waals surface area contributed by atoms with Crippen LogP contribution in [0.4, 0.5) is 0 Å². The molecular formula is C29H31ClO7. The van der Waals surface area contributed by atoms with Crippen LogP contribution in [0.15, 0.2) is 59.6 Å². The second kappa shape index (κ2) is 11.0. The number of methoxy groups -OCH3 is 1. The topological polar surface area (TPSA) is 88.1 Å². The van der Waals surface area contributed by atoms with Crippen LogP contribution >= 0.6 is 11.6 Å². The first kappa shape index (κ1) is 26.7. The van der Waals surface area contributed by atoms with Crippen LogP contribution in [-0.2, 0) is 30.3 Å². The number of hydrogen-bond donors (Lipinski definition) is 0. The Hall–Kier alpha value is -3.32. The molecule has 4 atom stereocenters. The third-order valence-corrected chi connectivity index (χ3v) is 7.12. The Morgan fingerprint density at radius 1 is 1.11 bits per heavy atom. The molecule has 0 bridgehead atoms. The molecule has 0 saturated heterocycles. The molecule has 0 spiro atoms. The fourth-order valence-electron chi connectivity index (χ4n) is 5.15. The first-order chi connectivity index (χ1) is 17.6. The summed E-state index contributed by atoms with van der Waals surface area (Å²) in [6.45, 7) is 4.69. The number of para-hydroxylation sites is 2. The molecule has 1 aliphatic heterocycles. The molecule has 1 fully saturated rings. The maximum absolute atomic E-state index is 13.3. The summed E-state index contributed by atoms with van der Waals surface area (Å²) in [6.07, 6.45) is 2.10. The molecule has 2 aromatic rings. The summed E-state index contributed by atoms with van der Waals surface area (Å²) in [5.74, 6) is -0.346. The van der Waals surface area contributed by atoms with E-state index in [0.29, 0.717) is 18.6 Å². The highest BCUT2D eigenvalue weighted by Gasteiger charge is 2.51. The maximum atomic E-state index is 13.3. The number of carbonyl (C=O) groups excluding carboxylic acids is 3. The van der Waals surface area contributed by atoms with Gasteiger partial charge in [0.1, 0.15) is 23.7 Å². The van der Waals surface area contributed by atoms with Gasteiger partial charge < -0.3 is 18.9 Å². The minimum absolute atomic E-state index is 0.0130. The van der Waals surface area contributed by atoms with Gasteiger partial charge in [-0.15, -0.1) is 0 Å². The van der Waals surface area contributed by atoms with E-state index in [1.807, 2.05) is 36.4 Å². The molecule has 196 valence electrons. The van der Waals surface area contributed by atoms with Gasteiger partial charge in [0.2, 0.25) is 5.78 Å². The Labute approximate surface area is 221 Å². The fraction of sp³-hybridized carbons (Fsp3) is 0.414. The molecule has 0 N–H and O–H groups in total. The molecule has 1 aliphatic carbocycles. The smallest absolute Gasteiger partial charge is 0.305 e. The van der Waals surface area contributed by atoms with Gasteiger partial charge in [0.25, 0.3) is 0 Å².